The van der Waals surface area contributed by atoms with Crippen molar-refractivity contribution in [1.82, 2.24) is 0 Å². The predicted octanol–water partition coefficient (Wildman–Crippen LogP) is 4.64. The van der Waals surface area contributed by atoms with Crippen molar-refractivity contribution >= 4 is 57.6 Å². The van der Waals surface area contributed by atoms with Crippen molar-refractivity contribution in [2.45, 2.75) is 0 Å². The zero-order chi connectivity index (χ0) is 14.1. The number of thioether (sulfide) groups is 1. The van der Waals surface area contributed by atoms with E-state index in [-0.39, 0.29) is 11.1 Å². The van der Waals surface area contributed by atoms with Gasteiger partial charge in [0, 0.05) is 4.88 Å². The van der Waals surface area contributed by atoms with Crippen LogP contribution in [0.15, 0.2) is 46.7 Å². The highest BCUT2D eigenvalue weighted by Crippen LogP contribution is 2.38. The lowest BCUT2D eigenvalue weighted by molar-refractivity contribution is -0.113. The second-order valence-corrected chi connectivity index (χ2v) is 6.36. The summed E-state index contributed by atoms with van der Waals surface area (Å²) in [4.78, 5) is 26.9. The van der Waals surface area contributed by atoms with Crippen LogP contribution in [0.3, 0.4) is 0 Å². The van der Waals surface area contributed by atoms with Crippen LogP contribution in [-0.2, 0) is 4.79 Å². The number of rotatable bonds is 2. The van der Waals surface area contributed by atoms with Gasteiger partial charge in [-0.3, -0.25) is 9.59 Å². The molecule has 0 radical (unpaired) electrons. The summed E-state index contributed by atoms with van der Waals surface area (Å²) in [6.45, 7) is 0. The van der Waals surface area contributed by atoms with E-state index in [9.17, 15) is 9.59 Å². The molecule has 100 valence electrons. The average molecular weight is 322 g/mol. The van der Waals surface area contributed by atoms with Gasteiger partial charge in [-0.1, -0.05) is 29.8 Å². The predicted molar refractivity (Wildman–Crippen MR) is 84.2 cm³/mol. The molecule has 0 atom stereocenters. The quantitative estimate of drug-likeness (QED) is 0.756. The lowest BCUT2D eigenvalue weighted by Crippen LogP contribution is -2.27. The minimum absolute atomic E-state index is 0.328. The van der Waals surface area contributed by atoms with E-state index in [0.717, 1.165) is 21.5 Å². The molecule has 1 aromatic heterocycles. The van der Waals surface area contributed by atoms with Crippen LogP contribution in [0.25, 0.3) is 6.08 Å². The van der Waals surface area contributed by atoms with Crippen LogP contribution in [-0.4, -0.2) is 11.1 Å². The van der Waals surface area contributed by atoms with Crippen LogP contribution in [0, 0.1) is 0 Å². The third-order valence-electron chi connectivity index (χ3n) is 2.70. The minimum atomic E-state index is -0.332. The molecule has 2 aromatic rings. The summed E-state index contributed by atoms with van der Waals surface area (Å²) in [5.41, 5.74) is 0.422. The van der Waals surface area contributed by atoms with Crippen LogP contribution >= 0.6 is 34.7 Å². The molecule has 0 bridgehead atoms. The second kappa shape index (κ2) is 5.44. The van der Waals surface area contributed by atoms with Gasteiger partial charge >= 0.3 is 0 Å². The Labute approximate surface area is 128 Å². The summed E-state index contributed by atoms with van der Waals surface area (Å²) in [6.07, 6.45) is 1.73. The molecular formula is C14H8ClNO2S2. The maximum Gasteiger partial charge on any atom is 0.298 e. The van der Waals surface area contributed by atoms with Crippen molar-refractivity contribution in [2.75, 3.05) is 4.90 Å². The fraction of sp³-hybridized carbons (Fsp3) is 0. The number of hydrogen-bond donors (Lipinski definition) is 0. The summed E-state index contributed by atoms with van der Waals surface area (Å²) >= 11 is 8.50. The minimum Gasteiger partial charge on any atom is -0.268 e. The summed E-state index contributed by atoms with van der Waals surface area (Å²) < 4.78 is 0. The molecule has 3 rings (SSSR count). The topological polar surface area (TPSA) is 37.4 Å². The highest BCUT2D eigenvalue weighted by molar-refractivity contribution is 8.19. The fourth-order valence-corrected chi connectivity index (χ4v) is 3.59. The van der Waals surface area contributed by atoms with Crippen molar-refractivity contribution < 1.29 is 9.59 Å². The first-order valence-electron chi connectivity index (χ1n) is 5.73. The van der Waals surface area contributed by atoms with Crippen LogP contribution in [0.4, 0.5) is 10.5 Å². The van der Waals surface area contributed by atoms with Crippen molar-refractivity contribution in [3.05, 3.63) is 56.6 Å². The monoisotopic (exact) mass is 321 g/mol. The lowest BCUT2D eigenvalue weighted by atomic mass is 10.3. The molecule has 1 saturated heterocycles. The molecule has 6 heteroatoms. The van der Waals surface area contributed by atoms with E-state index >= 15 is 0 Å². The van der Waals surface area contributed by atoms with E-state index in [1.165, 1.54) is 11.3 Å². The molecule has 0 N–H and O–H groups in total. The first kappa shape index (κ1) is 13.4. The third-order valence-corrected chi connectivity index (χ3v) is 4.71. The molecular weight excluding hydrogens is 314 g/mol. The Kier molecular flexibility index (Phi) is 3.65. The van der Waals surface area contributed by atoms with Crippen molar-refractivity contribution in [3.8, 4) is 0 Å². The van der Waals surface area contributed by atoms with E-state index in [0.29, 0.717) is 15.6 Å². The molecule has 0 unspecified atom stereocenters. The molecule has 2 amide bonds. The molecule has 20 heavy (non-hydrogen) atoms. The summed E-state index contributed by atoms with van der Waals surface area (Å²) in [7, 11) is 0. The van der Waals surface area contributed by atoms with Gasteiger partial charge < -0.3 is 0 Å². The van der Waals surface area contributed by atoms with Gasteiger partial charge in [-0.25, -0.2) is 4.90 Å². The molecule has 1 fully saturated rings. The van der Waals surface area contributed by atoms with Gasteiger partial charge in [0.2, 0.25) is 0 Å². The van der Waals surface area contributed by atoms with Gasteiger partial charge in [-0.05, 0) is 41.4 Å². The van der Waals surface area contributed by atoms with Gasteiger partial charge in [0.15, 0.2) is 0 Å². The van der Waals surface area contributed by atoms with E-state index in [4.69, 9.17) is 11.6 Å². The first-order chi connectivity index (χ1) is 9.66. The van der Waals surface area contributed by atoms with E-state index in [2.05, 4.69) is 0 Å². The third kappa shape index (κ3) is 2.40. The molecule has 0 spiro atoms. The molecule has 1 aromatic carbocycles. The maximum atomic E-state index is 12.4. The molecule has 0 aliphatic carbocycles. The Hall–Kier alpha value is -1.56. The maximum absolute atomic E-state index is 12.4. The molecule has 1 aliphatic heterocycles. The Balaban J connectivity index is 1.98. The summed E-state index contributed by atoms with van der Waals surface area (Å²) in [5, 5.41) is 1.97. The summed E-state index contributed by atoms with van der Waals surface area (Å²) in [6, 6.07) is 10.6. The number of carbonyl (C=O) groups excluding carboxylic acids is 2. The highest BCUT2D eigenvalue weighted by Gasteiger charge is 2.37. The van der Waals surface area contributed by atoms with Crippen LogP contribution in [0.2, 0.25) is 5.02 Å². The number of imide groups is 1. The number of nitrogens with zero attached hydrogens (tertiary/aromatic N) is 1. The van der Waals surface area contributed by atoms with Gasteiger partial charge in [0.1, 0.15) is 0 Å². The smallest absolute Gasteiger partial charge is 0.268 e. The number of thiophene rings is 1. The largest absolute Gasteiger partial charge is 0.298 e. The van der Waals surface area contributed by atoms with Gasteiger partial charge in [0.25, 0.3) is 11.1 Å². The SMILES string of the molecule is O=C1S/C(=C\c2cccs2)C(=O)N1c1ccccc1Cl. The Morgan fingerprint density at radius 3 is 2.60 bits per heavy atom. The Bertz CT molecular complexity index is 710. The van der Waals surface area contributed by atoms with Crippen LogP contribution < -0.4 is 4.90 Å². The number of hydrogen-bond acceptors (Lipinski definition) is 4. The van der Waals surface area contributed by atoms with Crippen molar-refractivity contribution in [3.63, 3.8) is 0 Å². The molecule has 1 aliphatic rings. The summed E-state index contributed by atoms with van der Waals surface area (Å²) in [5.74, 6) is -0.332. The first-order valence-corrected chi connectivity index (χ1v) is 7.80. The number of para-hydroxylation sites is 1. The zero-order valence-corrected chi connectivity index (χ0v) is 12.5. The highest BCUT2D eigenvalue weighted by atomic mass is 35.5. The van der Waals surface area contributed by atoms with Crippen molar-refractivity contribution in [2.24, 2.45) is 0 Å². The Morgan fingerprint density at radius 1 is 1.10 bits per heavy atom. The van der Waals surface area contributed by atoms with Gasteiger partial charge in [-0.15, -0.1) is 11.3 Å². The number of halogens is 1. The number of anilines is 1. The number of benzene rings is 1. The van der Waals surface area contributed by atoms with Gasteiger partial charge in [0.05, 0.1) is 15.6 Å². The standard InChI is InChI=1S/C14H8ClNO2S2/c15-10-5-1-2-6-11(10)16-13(17)12(20-14(16)18)8-9-4-3-7-19-9/h1-8H/b12-8-. The van der Waals surface area contributed by atoms with E-state index in [1.807, 2.05) is 17.5 Å². The zero-order valence-electron chi connectivity index (χ0n) is 10.1. The van der Waals surface area contributed by atoms with Crippen LogP contribution in [0.5, 0.6) is 0 Å². The average Bonchev–Trinajstić information content (AvgIpc) is 3.01. The molecule has 0 saturated carbocycles. The van der Waals surface area contributed by atoms with E-state index < -0.39 is 0 Å². The molecule has 3 nitrogen and oxygen atoms in total. The lowest BCUT2D eigenvalue weighted by Gasteiger charge is -2.13. The second-order valence-electron chi connectivity index (χ2n) is 3.98. The molecule has 2 heterocycles. The van der Waals surface area contributed by atoms with Crippen LogP contribution in [0.1, 0.15) is 4.88 Å². The van der Waals surface area contributed by atoms with Gasteiger partial charge in [-0.2, -0.15) is 0 Å². The fourth-order valence-electron chi connectivity index (χ4n) is 1.81. The number of amides is 2. The van der Waals surface area contributed by atoms with Crippen molar-refractivity contribution in [1.29, 1.82) is 0 Å². The van der Waals surface area contributed by atoms with E-state index in [1.54, 1.807) is 30.3 Å². The number of carbonyl (C=O) groups is 2. The Morgan fingerprint density at radius 2 is 1.90 bits per heavy atom. The normalized spacial score (nSPS) is 17.2.